The van der Waals surface area contributed by atoms with Gasteiger partial charge in [0.2, 0.25) is 0 Å². The SMILES string of the molecule is CC(C)C(O)COc1cccc(OCCN2C(=O)c3ccccc3C2=O)c1. The molecule has 0 bridgehead atoms. The lowest BCUT2D eigenvalue weighted by molar-refractivity contribution is 0.0631. The summed E-state index contributed by atoms with van der Waals surface area (Å²) in [6, 6.07) is 13.9. The van der Waals surface area contributed by atoms with Crippen molar-refractivity contribution < 1.29 is 24.2 Å². The first-order valence-electron chi connectivity index (χ1n) is 8.96. The van der Waals surface area contributed by atoms with Gasteiger partial charge in [0.05, 0.1) is 23.8 Å². The van der Waals surface area contributed by atoms with Crippen molar-refractivity contribution >= 4 is 11.8 Å². The Labute approximate surface area is 158 Å². The summed E-state index contributed by atoms with van der Waals surface area (Å²) in [6.07, 6.45) is -0.539. The van der Waals surface area contributed by atoms with Gasteiger partial charge in [-0.2, -0.15) is 0 Å². The number of hydrogen-bond acceptors (Lipinski definition) is 5. The van der Waals surface area contributed by atoms with Gasteiger partial charge in [0.1, 0.15) is 24.7 Å². The fourth-order valence-corrected chi connectivity index (χ4v) is 2.72. The van der Waals surface area contributed by atoms with Crippen LogP contribution in [0.3, 0.4) is 0 Å². The molecule has 1 aliphatic heterocycles. The van der Waals surface area contributed by atoms with Crippen LogP contribution in [0.1, 0.15) is 34.6 Å². The van der Waals surface area contributed by atoms with E-state index in [2.05, 4.69) is 0 Å². The minimum absolute atomic E-state index is 0.115. The van der Waals surface area contributed by atoms with Crippen LogP contribution < -0.4 is 9.47 Å². The molecule has 0 saturated heterocycles. The number of amides is 2. The molecule has 6 nitrogen and oxygen atoms in total. The van der Waals surface area contributed by atoms with Gasteiger partial charge in [0.25, 0.3) is 11.8 Å². The highest BCUT2D eigenvalue weighted by Gasteiger charge is 2.34. The zero-order valence-corrected chi connectivity index (χ0v) is 15.4. The number of benzene rings is 2. The standard InChI is InChI=1S/C21H23NO5/c1-14(2)19(23)13-27-16-7-5-6-15(12-16)26-11-10-22-20(24)17-8-3-4-9-18(17)21(22)25/h3-9,12,14,19,23H,10-11,13H2,1-2H3. The van der Waals surface area contributed by atoms with Crippen LogP contribution in [0.4, 0.5) is 0 Å². The van der Waals surface area contributed by atoms with Crippen LogP contribution in [0, 0.1) is 5.92 Å². The molecule has 3 rings (SSSR count). The Hall–Kier alpha value is -2.86. The van der Waals surface area contributed by atoms with Gasteiger partial charge in [-0.3, -0.25) is 14.5 Å². The zero-order chi connectivity index (χ0) is 19.4. The summed E-state index contributed by atoms with van der Waals surface area (Å²) >= 11 is 0. The molecule has 2 aromatic rings. The molecule has 1 unspecified atom stereocenters. The Bertz CT molecular complexity index is 798. The van der Waals surface area contributed by atoms with E-state index in [1.807, 2.05) is 13.8 Å². The van der Waals surface area contributed by atoms with E-state index in [1.165, 1.54) is 4.90 Å². The predicted octanol–water partition coefficient (Wildman–Crippen LogP) is 2.76. The summed E-state index contributed by atoms with van der Waals surface area (Å²) in [5.74, 6) is 0.693. The van der Waals surface area contributed by atoms with Crippen molar-refractivity contribution in [1.29, 1.82) is 0 Å². The van der Waals surface area contributed by atoms with Gasteiger partial charge in [-0.05, 0) is 30.2 Å². The Morgan fingerprint density at radius 1 is 0.926 bits per heavy atom. The third kappa shape index (κ3) is 4.28. The number of fused-ring (bicyclic) bond motifs is 1. The van der Waals surface area contributed by atoms with E-state index in [0.29, 0.717) is 22.6 Å². The molecule has 1 heterocycles. The summed E-state index contributed by atoms with van der Waals surface area (Å²) in [4.78, 5) is 25.8. The molecule has 142 valence electrons. The van der Waals surface area contributed by atoms with Crippen LogP contribution in [0.15, 0.2) is 48.5 Å². The molecule has 1 N–H and O–H groups in total. The molecule has 0 saturated carbocycles. The van der Waals surface area contributed by atoms with Gasteiger partial charge in [-0.1, -0.05) is 32.0 Å². The highest BCUT2D eigenvalue weighted by atomic mass is 16.5. The van der Waals surface area contributed by atoms with Crippen molar-refractivity contribution in [2.75, 3.05) is 19.8 Å². The fourth-order valence-electron chi connectivity index (χ4n) is 2.72. The van der Waals surface area contributed by atoms with Crippen molar-refractivity contribution in [2.24, 2.45) is 5.92 Å². The normalized spacial score (nSPS) is 14.4. The number of imide groups is 1. The third-order valence-electron chi connectivity index (χ3n) is 4.46. The number of hydrogen-bond donors (Lipinski definition) is 1. The summed E-state index contributed by atoms with van der Waals surface area (Å²) in [7, 11) is 0. The highest BCUT2D eigenvalue weighted by molar-refractivity contribution is 6.21. The zero-order valence-electron chi connectivity index (χ0n) is 15.4. The molecule has 1 atom stereocenters. The first-order valence-corrected chi connectivity index (χ1v) is 8.96. The predicted molar refractivity (Wildman–Crippen MR) is 100 cm³/mol. The van der Waals surface area contributed by atoms with Crippen molar-refractivity contribution in [3.05, 3.63) is 59.7 Å². The van der Waals surface area contributed by atoms with Gasteiger partial charge in [-0.15, -0.1) is 0 Å². The lowest BCUT2D eigenvalue weighted by Crippen LogP contribution is -2.33. The maximum absolute atomic E-state index is 12.3. The smallest absolute Gasteiger partial charge is 0.261 e. The molecular formula is C21H23NO5. The van der Waals surface area contributed by atoms with Crippen molar-refractivity contribution in [1.82, 2.24) is 4.90 Å². The molecule has 0 aromatic heterocycles. The molecule has 0 radical (unpaired) electrons. The topological polar surface area (TPSA) is 76.1 Å². The lowest BCUT2D eigenvalue weighted by atomic mass is 10.1. The lowest BCUT2D eigenvalue weighted by Gasteiger charge is -2.16. The highest BCUT2D eigenvalue weighted by Crippen LogP contribution is 2.23. The molecule has 6 heteroatoms. The fraction of sp³-hybridized carbons (Fsp3) is 0.333. The van der Waals surface area contributed by atoms with E-state index >= 15 is 0 Å². The Morgan fingerprint density at radius 3 is 2.11 bits per heavy atom. The van der Waals surface area contributed by atoms with Gasteiger partial charge < -0.3 is 14.6 Å². The number of nitrogens with zero attached hydrogens (tertiary/aromatic N) is 1. The van der Waals surface area contributed by atoms with E-state index in [4.69, 9.17) is 9.47 Å². The molecule has 0 spiro atoms. The van der Waals surface area contributed by atoms with Crippen molar-refractivity contribution in [3.63, 3.8) is 0 Å². The number of rotatable bonds is 8. The van der Waals surface area contributed by atoms with E-state index in [1.54, 1.807) is 48.5 Å². The minimum Gasteiger partial charge on any atom is -0.492 e. The summed E-state index contributed by atoms with van der Waals surface area (Å²) in [5, 5.41) is 9.82. The van der Waals surface area contributed by atoms with Crippen LogP contribution in [0.2, 0.25) is 0 Å². The molecule has 1 aliphatic rings. The second-order valence-corrected chi connectivity index (χ2v) is 6.75. The van der Waals surface area contributed by atoms with Crippen molar-refractivity contribution in [3.8, 4) is 11.5 Å². The maximum atomic E-state index is 12.3. The number of ether oxygens (including phenoxy) is 2. The van der Waals surface area contributed by atoms with Gasteiger partial charge in [0, 0.05) is 6.07 Å². The van der Waals surface area contributed by atoms with Crippen LogP contribution in [-0.2, 0) is 0 Å². The van der Waals surface area contributed by atoms with Crippen LogP contribution >= 0.6 is 0 Å². The molecular weight excluding hydrogens is 346 g/mol. The number of carbonyl (C=O) groups is 2. The first kappa shape index (κ1) is 18.9. The minimum atomic E-state index is -0.539. The monoisotopic (exact) mass is 369 g/mol. The average Bonchev–Trinajstić information content (AvgIpc) is 2.91. The third-order valence-corrected chi connectivity index (χ3v) is 4.46. The Morgan fingerprint density at radius 2 is 1.52 bits per heavy atom. The quantitative estimate of drug-likeness (QED) is 0.724. The Kier molecular flexibility index (Phi) is 5.76. The van der Waals surface area contributed by atoms with Gasteiger partial charge in [0.15, 0.2) is 0 Å². The van der Waals surface area contributed by atoms with E-state index in [0.717, 1.165) is 0 Å². The largest absolute Gasteiger partial charge is 0.492 e. The molecule has 0 aliphatic carbocycles. The van der Waals surface area contributed by atoms with Gasteiger partial charge in [-0.25, -0.2) is 0 Å². The maximum Gasteiger partial charge on any atom is 0.261 e. The van der Waals surface area contributed by atoms with Crippen LogP contribution in [0.25, 0.3) is 0 Å². The molecule has 0 fully saturated rings. The Balaban J connectivity index is 1.53. The summed E-state index contributed by atoms with van der Waals surface area (Å²) in [6.45, 7) is 4.41. The first-order chi connectivity index (χ1) is 13.0. The van der Waals surface area contributed by atoms with E-state index in [-0.39, 0.29) is 37.5 Å². The van der Waals surface area contributed by atoms with E-state index in [9.17, 15) is 14.7 Å². The van der Waals surface area contributed by atoms with Crippen LogP contribution in [0.5, 0.6) is 11.5 Å². The number of carbonyl (C=O) groups excluding carboxylic acids is 2. The average molecular weight is 369 g/mol. The van der Waals surface area contributed by atoms with Crippen LogP contribution in [-0.4, -0.2) is 47.7 Å². The van der Waals surface area contributed by atoms with Gasteiger partial charge >= 0.3 is 0 Å². The molecule has 2 aromatic carbocycles. The molecule has 2 amide bonds. The number of aliphatic hydroxyl groups excluding tert-OH is 1. The second kappa shape index (κ2) is 8.22. The summed E-state index contributed by atoms with van der Waals surface area (Å²) < 4.78 is 11.2. The van der Waals surface area contributed by atoms with Crippen molar-refractivity contribution in [2.45, 2.75) is 20.0 Å². The molecule has 27 heavy (non-hydrogen) atoms. The van der Waals surface area contributed by atoms with E-state index < -0.39 is 6.10 Å². The number of aliphatic hydroxyl groups is 1. The summed E-state index contributed by atoms with van der Waals surface area (Å²) in [5.41, 5.74) is 0.864. The second-order valence-electron chi connectivity index (χ2n) is 6.75.